The van der Waals surface area contributed by atoms with Crippen LogP contribution < -0.4 is 33.6 Å². The molecule has 2 rings (SSSR count). The van der Waals surface area contributed by atoms with Gasteiger partial charge in [-0.25, -0.2) is 0 Å². The number of benzene rings is 2. The summed E-state index contributed by atoms with van der Waals surface area (Å²) in [5, 5.41) is 1.00. The molecule has 21 heavy (non-hydrogen) atoms. The number of ether oxygens (including phenoxy) is 2. The largest absolute Gasteiger partial charge is 1.00 e. The molecule has 0 radical (unpaired) electrons. The zero-order valence-corrected chi connectivity index (χ0v) is 13.8. The number of methoxy groups -OCH3 is 2. The number of aryl methyl sites for hydroxylation is 1. The molecule has 0 spiro atoms. The monoisotopic (exact) mass is 296 g/mol. The minimum absolute atomic E-state index is 0. The first-order chi connectivity index (χ1) is 9.65. The summed E-state index contributed by atoms with van der Waals surface area (Å²) in [5.74, 6) is 1.13. The first-order valence-corrected chi connectivity index (χ1v) is 7.24. The minimum Gasteiger partial charge on any atom is -1.00 e. The summed E-state index contributed by atoms with van der Waals surface area (Å²) >= 11 is 0. The molecule has 0 N–H and O–H groups in total. The van der Waals surface area contributed by atoms with E-state index in [1.165, 1.54) is 0 Å². The Bertz CT molecular complexity index is 595. The van der Waals surface area contributed by atoms with Crippen LogP contribution in [0.4, 0.5) is 0 Å². The van der Waals surface area contributed by atoms with Crippen molar-refractivity contribution in [1.29, 1.82) is 0 Å². The summed E-state index contributed by atoms with van der Waals surface area (Å²) in [7, 11) is 3.18. The van der Waals surface area contributed by atoms with Crippen LogP contribution in [0.5, 0.6) is 11.5 Å². The van der Waals surface area contributed by atoms with Crippen LogP contribution in [0.1, 0.15) is 17.3 Å². The van der Waals surface area contributed by atoms with Crippen molar-refractivity contribution in [2.24, 2.45) is 0 Å². The van der Waals surface area contributed by atoms with E-state index in [0.717, 1.165) is 10.9 Å². The molecule has 3 nitrogen and oxygen atoms in total. The van der Waals surface area contributed by atoms with Gasteiger partial charge in [0.1, 0.15) is 17.1 Å². The standard InChI is InChI=1S/C16H17O3P.Li.H/c1-11-9-13(18-2)15(14(10-11)19-3)16(17)20-12-7-5-4-6-8-12;;/h4-10,20H,1-3H3;;/q;+1;-1. The maximum atomic E-state index is 12.5. The van der Waals surface area contributed by atoms with Crippen molar-refractivity contribution in [3.8, 4) is 11.5 Å². The first-order valence-electron chi connectivity index (χ1n) is 6.24. The van der Waals surface area contributed by atoms with Gasteiger partial charge in [0.15, 0.2) is 5.52 Å². The zero-order chi connectivity index (χ0) is 14.5. The Morgan fingerprint density at radius 2 is 1.57 bits per heavy atom. The Hall–Kier alpha value is -1.26. The fourth-order valence-electron chi connectivity index (χ4n) is 1.98. The van der Waals surface area contributed by atoms with Gasteiger partial charge in [0, 0.05) is 0 Å². The van der Waals surface area contributed by atoms with Gasteiger partial charge in [-0.2, -0.15) is 0 Å². The predicted molar refractivity (Wildman–Crippen MR) is 84.1 cm³/mol. The number of rotatable bonds is 5. The molecule has 106 valence electrons. The maximum Gasteiger partial charge on any atom is 1.00 e. The second-order valence-electron chi connectivity index (χ2n) is 4.36. The molecule has 0 aromatic heterocycles. The van der Waals surface area contributed by atoms with Gasteiger partial charge < -0.3 is 10.9 Å². The summed E-state index contributed by atoms with van der Waals surface area (Å²) in [6.45, 7) is 1.94. The summed E-state index contributed by atoms with van der Waals surface area (Å²) < 4.78 is 10.7. The van der Waals surface area contributed by atoms with Crippen LogP contribution in [0.3, 0.4) is 0 Å². The molecular formula is C16H18LiO3P. The molecule has 0 aliphatic carbocycles. The van der Waals surface area contributed by atoms with Crippen molar-refractivity contribution >= 4 is 19.4 Å². The Morgan fingerprint density at radius 1 is 1.05 bits per heavy atom. The molecule has 0 amide bonds. The molecule has 1 unspecified atom stereocenters. The molecule has 0 aliphatic heterocycles. The Labute approximate surface area is 140 Å². The Morgan fingerprint density at radius 3 is 2.05 bits per heavy atom. The van der Waals surface area contributed by atoms with Gasteiger partial charge in [0.25, 0.3) is 0 Å². The first kappa shape index (κ1) is 17.8. The fraction of sp³-hybridized carbons (Fsp3) is 0.188. The van der Waals surface area contributed by atoms with Gasteiger partial charge in [0.2, 0.25) is 0 Å². The third-order valence-corrected chi connectivity index (χ3v) is 4.01. The van der Waals surface area contributed by atoms with Crippen molar-refractivity contribution in [2.75, 3.05) is 14.2 Å². The van der Waals surface area contributed by atoms with E-state index in [9.17, 15) is 4.79 Å². The molecule has 0 saturated carbocycles. The SMILES string of the molecule is COc1cc(C)cc(OC)c1C(=O)Pc1ccccc1.[H-].[Li+]. The molecule has 2 aromatic carbocycles. The zero-order valence-electron chi connectivity index (χ0n) is 13.8. The third kappa shape index (κ3) is 4.35. The van der Waals surface area contributed by atoms with Gasteiger partial charge >= 0.3 is 18.9 Å². The topological polar surface area (TPSA) is 35.5 Å². The van der Waals surface area contributed by atoms with Crippen molar-refractivity contribution in [3.63, 3.8) is 0 Å². The van der Waals surface area contributed by atoms with Crippen LogP contribution in [0, 0.1) is 6.92 Å². The smallest absolute Gasteiger partial charge is 1.00 e. The molecule has 0 heterocycles. The molecule has 1 atom stereocenters. The Kier molecular flexibility index (Phi) is 6.98. The van der Waals surface area contributed by atoms with E-state index in [4.69, 9.17) is 9.47 Å². The number of carbonyl (C=O) groups excluding carboxylic acids is 1. The number of carbonyl (C=O) groups is 1. The summed E-state index contributed by atoms with van der Waals surface area (Å²) in [4.78, 5) is 12.5. The van der Waals surface area contributed by atoms with Crippen LogP contribution in [-0.4, -0.2) is 19.7 Å². The second-order valence-corrected chi connectivity index (χ2v) is 5.65. The van der Waals surface area contributed by atoms with Crippen molar-refractivity contribution in [1.82, 2.24) is 0 Å². The summed E-state index contributed by atoms with van der Waals surface area (Å²) in [5.41, 5.74) is 1.53. The van der Waals surface area contributed by atoms with Crippen molar-refractivity contribution in [3.05, 3.63) is 53.6 Å². The number of hydrogen-bond donors (Lipinski definition) is 0. The van der Waals surface area contributed by atoms with Crippen LogP contribution >= 0.6 is 8.58 Å². The maximum absolute atomic E-state index is 12.5. The Balaban J connectivity index is 0.00000220. The molecule has 0 saturated heterocycles. The van der Waals surface area contributed by atoms with Crippen LogP contribution in [0.25, 0.3) is 0 Å². The quantitative estimate of drug-likeness (QED) is 0.587. The molecule has 0 bridgehead atoms. The summed E-state index contributed by atoms with van der Waals surface area (Å²) in [6.07, 6.45) is 0. The van der Waals surface area contributed by atoms with Crippen LogP contribution in [0.15, 0.2) is 42.5 Å². The van der Waals surface area contributed by atoms with Crippen LogP contribution in [0.2, 0.25) is 0 Å². The predicted octanol–water partition coefficient (Wildman–Crippen LogP) is 0.273. The van der Waals surface area contributed by atoms with E-state index in [2.05, 4.69) is 0 Å². The second kappa shape index (κ2) is 8.25. The van der Waals surface area contributed by atoms with Gasteiger partial charge in [-0.05, 0) is 38.5 Å². The number of hydrogen-bond acceptors (Lipinski definition) is 3. The fourth-order valence-corrected chi connectivity index (χ4v) is 2.97. The van der Waals surface area contributed by atoms with Gasteiger partial charge in [-0.15, -0.1) is 0 Å². The van der Waals surface area contributed by atoms with Gasteiger partial charge in [-0.3, -0.25) is 4.79 Å². The van der Waals surface area contributed by atoms with Crippen LogP contribution in [-0.2, 0) is 0 Å². The van der Waals surface area contributed by atoms with Crippen molar-refractivity contribution < 1.29 is 34.6 Å². The average Bonchev–Trinajstić information content (AvgIpc) is 2.46. The summed E-state index contributed by atoms with van der Waals surface area (Å²) in [6, 6.07) is 13.4. The van der Waals surface area contributed by atoms with Gasteiger partial charge in [0.05, 0.1) is 14.2 Å². The van der Waals surface area contributed by atoms with E-state index in [-0.39, 0.29) is 34.4 Å². The average molecular weight is 296 g/mol. The minimum atomic E-state index is 0. The van der Waals surface area contributed by atoms with E-state index in [1.54, 1.807) is 14.2 Å². The molecule has 0 aliphatic rings. The van der Waals surface area contributed by atoms with E-state index in [1.807, 2.05) is 49.4 Å². The molecule has 5 heteroatoms. The normalized spacial score (nSPS) is 10.2. The molecule has 2 aromatic rings. The van der Waals surface area contributed by atoms with E-state index < -0.39 is 0 Å². The van der Waals surface area contributed by atoms with E-state index in [0.29, 0.717) is 17.1 Å². The molecular weight excluding hydrogens is 278 g/mol. The van der Waals surface area contributed by atoms with Gasteiger partial charge in [-0.1, -0.05) is 30.3 Å². The van der Waals surface area contributed by atoms with Crippen molar-refractivity contribution in [2.45, 2.75) is 6.92 Å². The molecule has 0 fully saturated rings. The van der Waals surface area contributed by atoms with E-state index >= 15 is 0 Å². The third-order valence-electron chi connectivity index (χ3n) is 2.91.